The van der Waals surface area contributed by atoms with E-state index in [1.54, 1.807) is 6.07 Å². The van der Waals surface area contributed by atoms with Crippen LogP contribution in [-0.2, 0) is 0 Å². The molecule has 0 bridgehead atoms. The van der Waals surface area contributed by atoms with Gasteiger partial charge in [-0.2, -0.15) is 0 Å². The van der Waals surface area contributed by atoms with E-state index in [1.165, 1.54) is 0 Å². The zero-order valence-corrected chi connectivity index (χ0v) is 9.72. The minimum Gasteiger partial charge on any atom is -0.397 e. The van der Waals surface area contributed by atoms with Crippen molar-refractivity contribution in [3.8, 4) is 0 Å². The first-order chi connectivity index (χ1) is 5.04. The number of benzene rings is 1. The number of rotatable bonds is 0. The van der Waals surface area contributed by atoms with Gasteiger partial charge in [-0.05, 0) is 34.5 Å². The maximum atomic E-state index is 5.81. The predicted molar refractivity (Wildman–Crippen MR) is 56.0 cm³/mol. The third-order valence-corrected chi connectivity index (χ3v) is 3.59. The van der Waals surface area contributed by atoms with Crippen molar-refractivity contribution in [2.24, 2.45) is 0 Å². The SMILES string of the molecule is Cc1c(Br)cc(Cl)c(N)c1Br. The van der Waals surface area contributed by atoms with Crippen LogP contribution in [0.1, 0.15) is 5.56 Å². The van der Waals surface area contributed by atoms with E-state index in [0.29, 0.717) is 10.7 Å². The molecule has 1 aromatic rings. The second kappa shape index (κ2) is 3.33. The van der Waals surface area contributed by atoms with Crippen molar-refractivity contribution in [3.05, 3.63) is 25.6 Å². The lowest BCUT2D eigenvalue weighted by Crippen LogP contribution is -1.91. The number of nitrogen functional groups attached to an aromatic ring is 1. The highest BCUT2D eigenvalue weighted by Crippen LogP contribution is 2.35. The molecular formula is C7H6Br2ClN. The van der Waals surface area contributed by atoms with Gasteiger partial charge in [0, 0.05) is 8.95 Å². The summed E-state index contributed by atoms with van der Waals surface area (Å²) in [6, 6.07) is 1.79. The summed E-state index contributed by atoms with van der Waals surface area (Å²) in [5.41, 5.74) is 7.30. The summed E-state index contributed by atoms with van der Waals surface area (Å²) >= 11 is 12.5. The van der Waals surface area contributed by atoms with E-state index in [2.05, 4.69) is 31.9 Å². The van der Waals surface area contributed by atoms with Gasteiger partial charge < -0.3 is 5.73 Å². The fourth-order valence-corrected chi connectivity index (χ4v) is 2.28. The number of hydrogen-bond donors (Lipinski definition) is 1. The van der Waals surface area contributed by atoms with Crippen LogP contribution in [0, 0.1) is 6.92 Å². The van der Waals surface area contributed by atoms with E-state index in [-0.39, 0.29) is 0 Å². The predicted octanol–water partition coefficient (Wildman–Crippen LogP) is 3.76. The van der Waals surface area contributed by atoms with Crippen molar-refractivity contribution in [2.45, 2.75) is 6.92 Å². The van der Waals surface area contributed by atoms with Gasteiger partial charge in [0.25, 0.3) is 0 Å². The van der Waals surface area contributed by atoms with Crippen LogP contribution in [0.4, 0.5) is 5.69 Å². The highest BCUT2D eigenvalue weighted by atomic mass is 79.9. The fourth-order valence-electron chi connectivity index (χ4n) is 0.709. The average molecular weight is 299 g/mol. The molecule has 1 aromatic carbocycles. The summed E-state index contributed by atoms with van der Waals surface area (Å²) in [4.78, 5) is 0. The molecular weight excluding hydrogens is 293 g/mol. The zero-order valence-electron chi connectivity index (χ0n) is 5.79. The van der Waals surface area contributed by atoms with Gasteiger partial charge in [0.05, 0.1) is 10.7 Å². The lowest BCUT2D eigenvalue weighted by atomic mass is 10.2. The minimum absolute atomic E-state index is 0.564. The van der Waals surface area contributed by atoms with Crippen molar-refractivity contribution in [3.63, 3.8) is 0 Å². The number of anilines is 1. The summed E-state index contributed by atoms with van der Waals surface area (Å²) in [7, 11) is 0. The molecule has 0 fully saturated rings. The smallest absolute Gasteiger partial charge is 0.0658 e. The van der Waals surface area contributed by atoms with E-state index in [0.717, 1.165) is 14.5 Å². The van der Waals surface area contributed by atoms with Gasteiger partial charge in [0.15, 0.2) is 0 Å². The number of halogens is 3. The van der Waals surface area contributed by atoms with Gasteiger partial charge in [-0.25, -0.2) is 0 Å². The minimum atomic E-state index is 0.564. The van der Waals surface area contributed by atoms with Crippen molar-refractivity contribution < 1.29 is 0 Å². The largest absolute Gasteiger partial charge is 0.397 e. The molecule has 0 spiro atoms. The van der Waals surface area contributed by atoms with Gasteiger partial charge in [0.2, 0.25) is 0 Å². The topological polar surface area (TPSA) is 26.0 Å². The molecule has 0 aliphatic rings. The summed E-state index contributed by atoms with van der Waals surface area (Å²) in [5, 5.41) is 0.564. The van der Waals surface area contributed by atoms with Gasteiger partial charge in [-0.3, -0.25) is 0 Å². The van der Waals surface area contributed by atoms with Crippen LogP contribution in [0.5, 0.6) is 0 Å². The number of nitrogens with two attached hydrogens (primary N) is 1. The van der Waals surface area contributed by atoms with Crippen LogP contribution in [0.15, 0.2) is 15.0 Å². The molecule has 2 N–H and O–H groups in total. The van der Waals surface area contributed by atoms with Crippen LogP contribution in [-0.4, -0.2) is 0 Å². The summed E-state index contributed by atoms with van der Waals surface area (Å²) in [5.74, 6) is 0. The van der Waals surface area contributed by atoms with E-state index in [4.69, 9.17) is 17.3 Å². The summed E-state index contributed by atoms with van der Waals surface area (Å²) in [6.45, 7) is 1.96. The second-order valence-corrected chi connectivity index (χ2v) is 4.25. The third-order valence-electron chi connectivity index (χ3n) is 1.43. The molecule has 0 heterocycles. The quantitative estimate of drug-likeness (QED) is 0.725. The van der Waals surface area contributed by atoms with E-state index in [1.807, 2.05) is 6.92 Å². The highest BCUT2D eigenvalue weighted by molar-refractivity contribution is 9.11. The molecule has 1 rings (SSSR count). The average Bonchev–Trinajstić information content (AvgIpc) is 1.97. The second-order valence-electron chi connectivity index (χ2n) is 2.19. The standard InChI is InChI=1S/C7H6Br2ClN/c1-3-4(8)2-5(10)7(11)6(3)9/h2H,11H2,1H3. The molecule has 0 amide bonds. The Hall–Kier alpha value is 0.270. The van der Waals surface area contributed by atoms with E-state index in [9.17, 15) is 0 Å². The van der Waals surface area contributed by atoms with Crippen LogP contribution in [0.2, 0.25) is 5.02 Å². The lowest BCUT2D eigenvalue weighted by Gasteiger charge is -2.06. The van der Waals surface area contributed by atoms with Crippen molar-refractivity contribution >= 4 is 49.1 Å². The van der Waals surface area contributed by atoms with Crippen molar-refractivity contribution in [1.29, 1.82) is 0 Å². The lowest BCUT2D eigenvalue weighted by molar-refractivity contribution is 1.40. The molecule has 0 aliphatic heterocycles. The first-order valence-corrected chi connectivity index (χ1v) is 4.90. The van der Waals surface area contributed by atoms with E-state index < -0.39 is 0 Å². The van der Waals surface area contributed by atoms with Gasteiger partial charge in [0.1, 0.15) is 0 Å². The maximum Gasteiger partial charge on any atom is 0.0658 e. The van der Waals surface area contributed by atoms with Crippen molar-refractivity contribution in [2.75, 3.05) is 5.73 Å². The molecule has 4 heteroatoms. The monoisotopic (exact) mass is 297 g/mol. The molecule has 0 unspecified atom stereocenters. The molecule has 0 radical (unpaired) electrons. The van der Waals surface area contributed by atoms with Crippen molar-refractivity contribution in [1.82, 2.24) is 0 Å². The van der Waals surface area contributed by atoms with Gasteiger partial charge in [-0.15, -0.1) is 0 Å². The Kier molecular flexibility index (Phi) is 2.84. The van der Waals surface area contributed by atoms with Crippen LogP contribution >= 0.6 is 43.5 Å². The zero-order chi connectivity index (χ0) is 8.59. The maximum absolute atomic E-state index is 5.81. The van der Waals surface area contributed by atoms with Crippen LogP contribution in [0.3, 0.4) is 0 Å². The molecule has 0 aliphatic carbocycles. The van der Waals surface area contributed by atoms with Gasteiger partial charge >= 0.3 is 0 Å². The Labute approximate surface area is 87.2 Å². The van der Waals surface area contributed by atoms with Crippen LogP contribution < -0.4 is 5.73 Å². The summed E-state index contributed by atoms with van der Waals surface area (Å²) in [6.07, 6.45) is 0. The summed E-state index contributed by atoms with van der Waals surface area (Å²) < 4.78 is 1.82. The molecule has 0 aromatic heterocycles. The Bertz CT molecular complexity index is 273. The third kappa shape index (κ3) is 1.71. The Balaban J connectivity index is 3.46. The molecule has 1 nitrogen and oxygen atoms in total. The first-order valence-electron chi connectivity index (χ1n) is 2.93. The highest BCUT2D eigenvalue weighted by Gasteiger charge is 2.07. The Morgan fingerprint density at radius 3 is 2.55 bits per heavy atom. The molecule has 0 atom stereocenters. The molecule has 11 heavy (non-hydrogen) atoms. The fraction of sp³-hybridized carbons (Fsp3) is 0.143. The Morgan fingerprint density at radius 1 is 1.45 bits per heavy atom. The molecule has 60 valence electrons. The normalized spacial score (nSPS) is 10.2. The number of hydrogen-bond acceptors (Lipinski definition) is 1. The first kappa shape index (κ1) is 9.36. The van der Waals surface area contributed by atoms with E-state index >= 15 is 0 Å². The molecule has 0 saturated heterocycles. The van der Waals surface area contributed by atoms with Crippen LogP contribution in [0.25, 0.3) is 0 Å². The Morgan fingerprint density at radius 2 is 2.00 bits per heavy atom. The van der Waals surface area contributed by atoms with Gasteiger partial charge in [-0.1, -0.05) is 27.5 Å². The molecule has 0 saturated carbocycles.